The molecule has 0 spiro atoms. The van der Waals surface area contributed by atoms with E-state index >= 15 is 0 Å². The van der Waals surface area contributed by atoms with E-state index in [1.165, 1.54) is 54.9 Å². The molecule has 330 valence electrons. The highest BCUT2D eigenvalue weighted by molar-refractivity contribution is 6.12. The second kappa shape index (κ2) is 16.9. The van der Waals surface area contributed by atoms with Gasteiger partial charge in [-0.2, -0.15) is 0 Å². The van der Waals surface area contributed by atoms with Crippen LogP contribution in [0.5, 0.6) is 0 Å². The van der Waals surface area contributed by atoms with E-state index in [2.05, 4.69) is 254 Å². The molecule has 3 aromatic heterocycles. The van der Waals surface area contributed by atoms with Crippen LogP contribution in [0.1, 0.15) is 11.1 Å². The predicted octanol–water partition coefficient (Wildman–Crippen LogP) is 17.3. The van der Waals surface area contributed by atoms with E-state index in [0.717, 1.165) is 72.6 Å². The van der Waals surface area contributed by atoms with Crippen molar-refractivity contribution in [2.75, 3.05) is 0 Å². The second-order valence-corrected chi connectivity index (χ2v) is 18.3. The van der Waals surface area contributed by atoms with E-state index in [4.69, 9.17) is 9.97 Å². The minimum absolute atomic E-state index is 0.668. The van der Waals surface area contributed by atoms with Gasteiger partial charge in [-0.1, -0.05) is 170 Å². The van der Waals surface area contributed by atoms with Crippen LogP contribution in [0.15, 0.2) is 243 Å². The summed E-state index contributed by atoms with van der Waals surface area (Å²) in [4.78, 5) is 10.6. The first-order valence-electron chi connectivity index (χ1n) is 24.0. The van der Waals surface area contributed by atoms with Gasteiger partial charge in [-0.25, -0.2) is 9.97 Å². The second-order valence-electron chi connectivity index (χ2n) is 18.3. The zero-order chi connectivity index (χ0) is 46.7. The van der Waals surface area contributed by atoms with Crippen molar-refractivity contribution in [1.29, 1.82) is 0 Å². The molecular formula is C66H46N4. The fourth-order valence-corrected chi connectivity index (χ4v) is 10.6. The van der Waals surface area contributed by atoms with Crippen LogP contribution >= 0.6 is 0 Å². The molecule has 0 saturated heterocycles. The van der Waals surface area contributed by atoms with Crippen molar-refractivity contribution in [3.05, 3.63) is 254 Å². The number of aromatic nitrogens is 4. The normalized spacial score (nSPS) is 11.6. The Bertz CT molecular complexity index is 4080. The standard InChI is InChI=1S/C66H46N4/c1-43-18-9-11-26-52(43)48-32-35-64-57(39-48)54-28-13-15-30-61(54)69(64)51-25-17-24-47(38-51)56-41-50(66-67-59(45-20-5-3-6-21-45)42-60(68-66)46-22-7-4-8-23-46)34-37-63(56)70-62-31-16-14-29-55(62)58-40-49(33-36-65(58)70)53-27-12-10-19-44(53)2/h3-42H,1-2H3. The van der Waals surface area contributed by atoms with Crippen LogP contribution < -0.4 is 0 Å². The number of para-hydroxylation sites is 2. The third-order valence-corrected chi connectivity index (χ3v) is 14.0. The number of fused-ring (bicyclic) bond motifs is 6. The summed E-state index contributed by atoms with van der Waals surface area (Å²) >= 11 is 0. The Morgan fingerprint density at radius 3 is 1.33 bits per heavy atom. The Morgan fingerprint density at radius 1 is 0.286 bits per heavy atom. The molecule has 13 rings (SSSR count). The largest absolute Gasteiger partial charge is 0.309 e. The van der Waals surface area contributed by atoms with Gasteiger partial charge in [0.1, 0.15) is 0 Å². The number of rotatable bonds is 8. The first kappa shape index (κ1) is 41.1. The summed E-state index contributed by atoms with van der Waals surface area (Å²) in [7, 11) is 0. The van der Waals surface area contributed by atoms with E-state index in [-0.39, 0.29) is 0 Å². The first-order valence-corrected chi connectivity index (χ1v) is 24.0. The van der Waals surface area contributed by atoms with Crippen molar-refractivity contribution < 1.29 is 0 Å². The predicted molar refractivity (Wildman–Crippen MR) is 293 cm³/mol. The highest BCUT2D eigenvalue weighted by Gasteiger charge is 2.21. The zero-order valence-corrected chi connectivity index (χ0v) is 38.9. The third-order valence-electron chi connectivity index (χ3n) is 14.0. The van der Waals surface area contributed by atoms with Gasteiger partial charge >= 0.3 is 0 Å². The van der Waals surface area contributed by atoms with Crippen LogP contribution in [0.25, 0.3) is 122 Å². The molecule has 0 aliphatic carbocycles. The summed E-state index contributed by atoms with van der Waals surface area (Å²) < 4.78 is 4.87. The molecule has 10 aromatic carbocycles. The minimum Gasteiger partial charge on any atom is -0.309 e. The Morgan fingerprint density at radius 2 is 0.743 bits per heavy atom. The molecule has 0 fully saturated rings. The van der Waals surface area contributed by atoms with Gasteiger partial charge in [0.2, 0.25) is 0 Å². The molecule has 0 saturated carbocycles. The van der Waals surface area contributed by atoms with Gasteiger partial charge in [0, 0.05) is 49.5 Å². The smallest absolute Gasteiger partial charge is 0.160 e. The minimum atomic E-state index is 0.668. The fraction of sp³-hybridized carbons (Fsp3) is 0.0303. The maximum atomic E-state index is 5.31. The molecule has 0 N–H and O–H groups in total. The zero-order valence-electron chi connectivity index (χ0n) is 38.9. The molecule has 0 amide bonds. The van der Waals surface area contributed by atoms with Crippen molar-refractivity contribution in [2.45, 2.75) is 13.8 Å². The number of aryl methyl sites for hydroxylation is 2. The molecule has 0 atom stereocenters. The summed E-state index contributed by atoms with van der Waals surface area (Å²) in [6.45, 7) is 4.38. The Labute approximate surface area is 407 Å². The first-order chi connectivity index (χ1) is 34.5. The van der Waals surface area contributed by atoms with Crippen molar-refractivity contribution in [3.63, 3.8) is 0 Å². The van der Waals surface area contributed by atoms with E-state index in [1.807, 2.05) is 12.1 Å². The number of hydrogen-bond donors (Lipinski definition) is 0. The van der Waals surface area contributed by atoms with Crippen molar-refractivity contribution >= 4 is 43.6 Å². The summed E-state index contributed by atoms with van der Waals surface area (Å²) in [6, 6.07) is 87.5. The molecule has 0 unspecified atom stereocenters. The van der Waals surface area contributed by atoms with Crippen LogP contribution in [-0.4, -0.2) is 19.1 Å². The Hall–Kier alpha value is -9.12. The van der Waals surface area contributed by atoms with Crippen molar-refractivity contribution in [2.24, 2.45) is 0 Å². The molecule has 0 bridgehead atoms. The quantitative estimate of drug-likeness (QED) is 0.152. The average molecular weight is 895 g/mol. The summed E-state index contributed by atoms with van der Waals surface area (Å²) in [5.74, 6) is 0.668. The maximum absolute atomic E-state index is 5.31. The van der Waals surface area contributed by atoms with Gasteiger partial charge in [-0.05, 0) is 126 Å². The van der Waals surface area contributed by atoms with Gasteiger partial charge < -0.3 is 9.13 Å². The lowest BCUT2D eigenvalue weighted by molar-refractivity contribution is 1.16. The molecule has 4 nitrogen and oxygen atoms in total. The number of nitrogens with zero attached hydrogens (tertiary/aromatic N) is 4. The lowest BCUT2D eigenvalue weighted by Gasteiger charge is -2.18. The van der Waals surface area contributed by atoms with E-state index < -0.39 is 0 Å². The van der Waals surface area contributed by atoms with Gasteiger partial charge in [-0.3, -0.25) is 0 Å². The van der Waals surface area contributed by atoms with Gasteiger partial charge in [-0.15, -0.1) is 0 Å². The highest BCUT2D eigenvalue weighted by Crippen LogP contribution is 2.42. The van der Waals surface area contributed by atoms with Crippen LogP contribution in [0.4, 0.5) is 0 Å². The molecule has 3 heterocycles. The molecule has 4 heteroatoms. The SMILES string of the molecule is Cc1ccccc1-c1ccc2c(c1)c1ccccc1n2-c1cccc(-c2cc(-c3nc(-c4ccccc4)cc(-c4ccccc4)n3)ccc2-n2c3ccccc3c3cc(-c4ccccc4C)ccc32)c1. The fourth-order valence-electron chi connectivity index (χ4n) is 10.6. The van der Waals surface area contributed by atoms with Crippen molar-refractivity contribution in [1.82, 2.24) is 19.1 Å². The monoisotopic (exact) mass is 894 g/mol. The van der Waals surface area contributed by atoms with Gasteiger partial charge in [0.05, 0.1) is 39.1 Å². The molecule has 13 aromatic rings. The molecular weight excluding hydrogens is 849 g/mol. The van der Waals surface area contributed by atoms with Crippen molar-refractivity contribution in [3.8, 4) is 78.7 Å². The Balaban J connectivity index is 1.05. The summed E-state index contributed by atoms with van der Waals surface area (Å²) in [5, 5.41) is 4.87. The van der Waals surface area contributed by atoms with Gasteiger partial charge in [0.15, 0.2) is 5.82 Å². The molecule has 0 radical (unpaired) electrons. The van der Waals surface area contributed by atoms with E-state index in [9.17, 15) is 0 Å². The highest BCUT2D eigenvalue weighted by atomic mass is 15.0. The molecule has 0 aliphatic rings. The average Bonchev–Trinajstić information content (AvgIpc) is 3.93. The number of benzene rings is 10. The van der Waals surface area contributed by atoms with E-state index in [0.29, 0.717) is 5.82 Å². The maximum Gasteiger partial charge on any atom is 0.160 e. The summed E-state index contributed by atoms with van der Waals surface area (Å²) in [5.41, 5.74) is 21.1. The van der Waals surface area contributed by atoms with Gasteiger partial charge in [0.25, 0.3) is 0 Å². The summed E-state index contributed by atoms with van der Waals surface area (Å²) in [6.07, 6.45) is 0. The number of hydrogen-bond acceptors (Lipinski definition) is 2. The molecule has 70 heavy (non-hydrogen) atoms. The lowest BCUT2D eigenvalue weighted by atomic mass is 9.98. The lowest BCUT2D eigenvalue weighted by Crippen LogP contribution is -2.01. The van der Waals surface area contributed by atoms with Crippen LogP contribution in [-0.2, 0) is 0 Å². The van der Waals surface area contributed by atoms with E-state index in [1.54, 1.807) is 0 Å². The van der Waals surface area contributed by atoms with Crippen LogP contribution in [0.2, 0.25) is 0 Å². The Kier molecular flexibility index (Phi) is 9.91. The third kappa shape index (κ3) is 7.00. The van der Waals surface area contributed by atoms with Crippen LogP contribution in [0, 0.1) is 13.8 Å². The van der Waals surface area contributed by atoms with Crippen LogP contribution in [0.3, 0.4) is 0 Å². The molecule has 0 aliphatic heterocycles. The topological polar surface area (TPSA) is 35.6 Å².